The summed E-state index contributed by atoms with van der Waals surface area (Å²) < 4.78 is 24.8. The number of thiazole rings is 1. The van der Waals surface area contributed by atoms with Crippen molar-refractivity contribution < 1.29 is 8.78 Å². The van der Waals surface area contributed by atoms with Crippen LogP contribution in [0, 0.1) is 11.1 Å². The van der Waals surface area contributed by atoms with Gasteiger partial charge in [-0.15, -0.1) is 0 Å². The fourth-order valence-electron chi connectivity index (χ4n) is 0.604. The molecular formula is C7H9F2NS. The lowest BCUT2D eigenvalue weighted by molar-refractivity contribution is 0.492. The summed E-state index contributed by atoms with van der Waals surface area (Å²) in [5, 5.41) is -0.331. The Hall–Kier alpha value is -0.510. The molecule has 0 aromatic carbocycles. The first kappa shape index (κ1) is 8.59. The lowest BCUT2D eigenvalue weighted by Crippen LogP contribution is -2.10. The Bertz CT molecular complexity index is 242. The van der Waals surface area contributed by atoms with Crippen LogP contribution in [0.15, 0.2) is 0 Å². The number of nitrogens with zero attached hydrogens (tertiary/aromatic N) is 1. The Kier molecular flexibility index (Phi) is 1.96. The standard InChI is InChI=1S/C7H9F2NS/c1-7(2,3)6-10-4(8)5(9)11-6/h1-3H3. The van der Waals surface area contributed by atoms with Crippen LogP contribution < -0.4 is 0 Å². The molecule has 1 aromatic rings. The molecule has 62 valence electrons. The van der Waals surface area contributed by atoms with E-state index in [0.717, 1.165) is 11.3 Å². The van der Waals surface area contributed by atoms with Gasteiger partial charge in [-0.2, -0.15) is 8.78 Å². The molecule has 0 bridgehead atoms. The van der Waals surface area contributed by atoms with Crippen molar-refractivity contribution in [1.29, 1.82) is 0 Å². The van der Waals surface area contributed by atoms with Gasteiger partial charge in [-0.1, -0.05) is 32.1 Å². The Balaban J connectivity index is 3.08. The second kappa shape index (κ2) is 2.52. The predicted molar refractivity (Wildman–Crippen MR) is 40.7 cm³/mol. The van der Waals surface area contributed by atoms with Gasteiger partial charge in [0, 0.05) is 5.41 Å². The SMILES string of the molecule is CC(C)(C)c1nc(F)c(F)s1. The first-order valence-corrected chi connectivity index (χ1v) is 4.05. The van der Waals surface area contributed by atoms with Gasteiger partial charge in [-0.3, -0.25) is 0 Å². The second-order valence-corrected chi connectivity index (χ2v) is 4.28. The monoisotopic (exact) mass is 177 g/mol. The van der Waals surface area contributed by atoms with E-state index in [1.807, 2.05) is 20.8 Å². The van der Waals surface area contributed by atoms with Crippen LogP contribution in [0.4, 0.5) is 8.78 Å². The Morgan fingerprint density at radius 3 is 2.00 bits per heavy atom. The van der Waals surface area contributed by atoms with Gasteiger partial charge in [0.05, 0.1) is 0 Å². The summed E-state index contributed by atoms with van der Waals surface area (Å²) in [6.07, 6.45) is 0. The van der Waals surface area contributed by atoms with Crippen molar-refractivity contribution in [3.05, 3.63) is 16.1 Å². The summed E-state index contributed by atoms with van der Waals surface area (Å²) >= 11 is 0.769. The van der Waals surface area contributed by atoms with Gasteiger partial charge in [-0.05, 0) is 0 Å². The van der Waals surface area contributed by atoms with Crippen LogP contribution in [-0.2, 0) is 5.41 Å². The zero-order chi connectivity index (χ0) is 8.65. The van der Waals surface area contributed by atoms with E-state index in [-0.39, 0.29) is 5.41 Å². The summed E-state index contributed by atoms with van der Waals surface area (Å²) in [5.41, 5.74) is -0.268. The van der Waals surface area contributed by atoms with E-state index in [4.69, 9.17) is 0 Å². The smallest absolute Gasteiger partial charge is 0.210 e. The van der Waals surface area contributed by atoms with Crippen LogP contribution in [0.2, 0.25) is 0 Å². The van der Waals surface area contributed by atoms with Gasteiger partial charge in [0.25, 0.3) is 5.95 Å². The van der Waals surface area contributed by atoms with Crippen molar-refractivity contribution in [2.75, 3.05) is 0 Å². The highest BCUT2D eigenvalue weighted by atomic mass is 32.1. The number of hydrogen-bond acceptors (Lipinski definition) is 2. The van der Waals surface area contributed by atoms with Crippen LogP contribution in [0.3, 0.4) is 0 Å². The highest BCUT2D eigenvalue weighted by molar-refractivity contribution is 7.10. The predicted octanol–water partition coefficient (Wildman–Crippen LogP) is 2.72. The van der Waals surface area contributed by atoms with Crippen molar-refractivity contribution in [3.8, 4) is 0 Å². The zero-order valence-corrected chi connectivity index (χ0v) is 7.43. The van der Waals surface area contributed by atoms with Gasteiger partial charge in [-0.25, -0.2) is 4.98 Å². The molecule has 0 fully saturated rings. The minimum Gasteiger partial charge on any atom is -0.210 e. The van der Waals surface area contributed by atoms with Gasteiger partial charge >= 0.3 is 0 Å². The molecule has 0 radical (unpaired) electrons. The van der Waals surface area contributed by atoms with Crippen molar-refractivity contribution in [2.45, 2.75) is 26.2 Å². The van der Waals surface area contributed by atoms with Crippen LogP contribution in [-0.4, -0.2) is 4.98 Å². The maximum atomic E-state index is 12.5. The number of halogens is 2. The summed E-state index contributed by atoms with van der Waals surface area (Å²) in [6, 6.07) is 0. The Labute approximate surface area is 68.1 Å². The molecule has 4 heteroatoms. The Morgan fingerprint density at radius 2 is 1.82 bits per heavy atom. The first-order chi connectivity index (χ1) is 4.91. The van der Waals surface area contributed by atoms with Gasteiger partial charge in [0.15, 0.2) is 0 Å². The van der Waals surface area contributed by atoms with E-state index in [0.29, 0.717) is 5.01 Å². The molecule has 0 atom stereocenters. The van der Waals surface area contributed by atoms with E-state index in [1.54, 1.807) is 0 Å². The van der Waals surface area contributed by atoms with Crippen molar-refractivity contribution >= 4 is 11.3 Å². The molecular weight excluding hydrogens is 168 g/mol. The van der Waals surface area contributed by atoms with Gasteiger partial charge in [0.1, 0.15) is 5.01 Å². The summed E-state index contributed by atoms with van der Waals surface area (Å²) in [4.78, 5) is 3.46. The molecule has 0 aliphatic carbocycles. The molecule has 0 spiro atoms. The van der Waals surface area contributed by atoms with E-state index >= 15 is 0 Å². The average Bonchev–Trinajstić information content (AvgIpc) is 2.11. The quantitative estimate of drug-likeness (QED) is 0.593. The van der Waals surface area contributed by atoms with Crippen LogP contribution in [0.1, 0.15) is 25.8 Å². The molecule has 0 aliphatic rings. The molecule has 1 heterocycles. The molecule has 1 nitrogen and oxygen atoms in total. The minimum atomic E-state index is -0.986. The lowest BCUT2D eigenvalue weighted by Gasteiger charge is -2.12. The van der Waals surface area contributed by atoms with Crippen molar-refractivity contribution in [3.63, 3.8) is 0 Å². The van der Waals surface area contributed by atoms with Crippen molar-refractivity contribution in [2.24, 2.45) is 0 Å². The molecule has 11 heavy (non-hydrogen) atoms. The molecule has 0 N–H and O–H groups in total. The molecule has 0 unspecified atom stereocenters. The van der Waals surface area contributed by atoms with Crippen molar-refractivity contribution in [1.82, 2.24) is 4.98 Å². The fraction of sp³-hybridized carbons (Fsp3) is 0.571. The zero-order valence-electron chi connectivity index (χ0n) is 6.61. The first-order valence-electron chi connectivity index (χ1n) is 3.23. The number of hydrogen-bond donors (Lipinski definition) is 0. The highest BCUT2D eigenvalue weighted by Crippen LogP contribution is 2.27. The highest BCUT2D eigenvalue weighted by Gasteiger charge is 2.21. The summed E-state index contributed by atoms with van der Waals surface area (Å²) in [6.45, 7) is 5.60. The van der Waals surface area contributed by atoms with Gasteiger partial charge < -0.3 is 0 Å². The average molecular weight is 177 g/mol. The summed E-state index contributed by atoms with van der Waals surface area (Å²) in [7, 11) is 0. The third kappa shape index (κ3) is 1.74. The largest absolute Gasteiger partial charge is 0.260 e. The van der Waals surface area contributed by atoms with Gasteiger partial charge in [0.2, 0.25) is 5.13 Å². The van der Waals surface area contributed by atoms with E-state index in [1.165, 1.54) is 0 Å². The molecule has 0 amide bonds. The molecule has 1 aromatic heterocycles. The summed E-state index contributed by atoms with van der Waals surface area (Å²) in [5.74, 6) is -0.986. The molecule has 0 saturated heterocycles. The topological polar surface area (TPSA) is 12.9 Å². The Morgan fingerprint density at radius 1 is 1.27 bits per heavy atom. The van der Waals surface area contributed by atoms with E-state index in [2.05, 4.69) is 4.98 Å². The minimum absolute atomic E-state index is 0.268. The molecule has 1 rings (SSSR count). The molecule has 0 aliphatic heterocycles. The maximum absolute atomic E-state index is 12.5. The third-order valence-corrected chi connectivity index (χ3v) is 2.43. The second-order valence-electron chi connectivity index (χ2n) is 3.33. The maximum Gasteiger partial charge on any atom is 0.260 e. The third-order valence-electron chi connectivity index (χ3n) is 1.19. The van der Waals surface area contributed by atoms with Crippen LogP contribution >= 0.6 is 11.3 Å². The fourth-order valence-corrected chi connectivity index (χ4v) is 1.34. The normalized spacial score (nSPS) is 12.1. The molecule has 0 saturated carbocycles. The number of aromatic nitrogens is 1. The van der Waals surface area contributed by atoms with E-state index < -0.39 is 11.1 Å². The lowest BCUT2D eigenvalue weighted by atomic mass is 9.98. The van der Waals surface area contributed by atoms with Crippen LogP contribution in [0.5, 0.6) is 0 Å². The van der Waals surface area contributed by atoms with E-state index in [9.17, 15) is 8.78 Å². The van der Waals surface area contributed by atoms with Crippen LogP contribution in [0.25, 0.3) is 0 Å². The number of rotatable bonds is 0.